The number of carbonyl (C=O) groups is 1. The average Bonchev–Trinajstić information content (AvgIpc) is 2.56. The highest BCUT2D eigenvalue weighted by Crippen LogP contribution is 2.20. The van der Waals surface area contributed by atoms with Crippen LogP contribution in [0.4, 0.5) is 0 Å². The highest BCUT2D eigenvalue weighted by molar-refractivity contribution is 5.94. The van der Waals surface area contributed by atoms with Crippen LogP contribution in [0.2, 0.25) is 0 Å². The van der Waals surface area contributed by atoms with Crippen LogP contribution in [0.3, 0.4) is 0 Å². The largest absolute Gasteiger partial charge is 0.338 e. The van der Waals surface area contributed by atoms with Crippen molar-refractivity contribution >= 4 is 12.0 Å². The predicted octanol–water partition coefficient (Wildman–Crippen LogP) is 2.69. The van der Waals surface area contributed by atoms with Crippen molar-refractivity contribution in [3.05, 3.63) is 75.7 Å². The molecule has 4 heteroatoms. The van der Waals surface area contributed by atoms with Gasteiger partial charge >= 0.3 is 0 Å². The second kappa shape index (κ2) is 6.43. The normalized spacial score (nSPS) is 14.7. The second-order valence-electron chi connectivity index (χ2n) is 5.45. The van der Waals surface area contributed by atoms with Gasteiger partial charge < -0.3 is 9.88 Å². The van der Waals surface area contributed by atoms with Gasteiger partial charge in [0.15, 0.2) is 0 Å². The quantitative estimate of drug-likeness (QED) is 0.926. The molecule has 0 saturated carbocycles. The summed E-state index contributed by atoms with van der Waals surface area (Å²) in [6, 6.07) is 13.2. The van der Waals surface area contributed by atoms with Crippen molar-refractivity contribution in [2.45, 2.75) is 12.8 Å². The molecule has 3 rings (SSSR count). The van der Waals surface area contributed by atoms with Gasteiger partial charge in [-0.2, -0.15) is 0 Å². The molecule has 0 aliphatic carbocycles. The first-order valence-electron chi connectivity index (χ1n) is 7.45. The zero-order valence-corrected chi connectivity index (χ0v) is 12.3. The van der Waals surface area contributed by atoms with Gasteiger partial charge in [-0.3, -0.25) is 9.59 Å². The van der Waals surface area contributed by atoms with Crippen LogP contribution in [0.15, 0.2) is 59.0 Å². The van der Waals surface area contributed by atoms with E-state index < -0.39 is 0 Å². The Morgan fingerprint density at radius 3 is 2.50 bits per heavy atom. The van der Waals surface area contributed by atoms with Crippen molar-refractivity contribution in [2.75, 3.05) is 13.1 Å². The fourth-order valence-corrected chi connectivity index (χ4v) is 2.69. The van der Waals surface area contributed by atoms with E-state index in [9.17, 15) is 9.59 Å². The summed E-state index contributed by atoms with van der Waals surface area (Å²) in [5.41, 5.74) is 2.78. The van der Waals surface area contributed by atoms with Crippen molar-refractivity contribution in [3.8, 4) is 0 Å². The van der Waals surface area contributed by atoms with E-state index in [4.69, 9.17) is 0 Å². The van der Waals surface area contributed by atoms with Crippen LogP contribution >= 0.6 is 0 Å². The van der Waals surface area contributed by atoms with E-state index in [2.05, 4.69) is 23.2 Å². The van der Waals surface area contributed by atoms with Crippen LogP contribution in [0.5, 0.6) is 0 Å². The minimum atomic E-state index is -0.243. The molecule has 0 atom stereocenters. The lowest BCUT2D eigenvalue weighted by Gasteiger charge is -2.28. The topological polar surface area (TPSA) is 53.2 Å². The average molecular weight is 294 g/mol. The predicted molar refractivity (Wildman–Crippen MR) is 86.6 cm³/mol. The minimum Gasteiger partial charge on any atom is -0.338 e. The van der Waals surface area contributed by atoms with Crippen LogP contribution in [0, 0.1) is 0 Å². The van der Waals surface area contributed by atoms with Crippen LogP contribution in [0.25, 0.3) is 6.08 Å². The molecule has 1 N–H and O–H groups in total. The first-order chi connectivity index (χ1) is 10.7. The SMILES string of the molecule is O=C(c1cc[nH]c(=O)c1)N1CCC(=Cc2ccccc2)CC1. The van der Waals surface area contributed by atoms with Crippen molar-refractivity contribution in [3.63, 3.8) is 0 Å². The highest BCUT2D eigenvalue weighted by Gasteiger charge is 2.20. The number of hydrogen-bond acceptors (Lipinski definition) is 2. The number of amides is 1. The maximum absolute atomic E-state index is 12.4. The third-order valence-corrected chi connectivity index (χ3v) is 3.89. The molecule has 1 aliphatic heterocycles. The summed E-state index contributed by atoms with van der Waals surface area (Å²) < 4.78 is 0. The van der Waals surface area contributed by atoms with Crippen molar-refractivity contribution in [1.82, 2.24) is 9.88 Å². The molecular weight excluding hydrogens is 276 g/mol. The van der Waals surface area contributed by atoms with Crippen LogP contribution in [-0.2, 0) is 0 Å². The van der Waals surface area contributed by atoms with Gasteiger partial charge in [0.05, 0.1) is 0 Å². The molecule has 22 heavy (non-hydrogen) atoms. The number of aromatic nitrogens is 1. The van der Waals surface area contributed by atoms with E-state index in [0.717, 1.165) is 12.8 Å². The molecule has 0 unspecified atom stereocenters. The minimum absolute atomic E-state index is 0.0649. The number of benzene rings is 1. The number of pyridine rings is 1. The van der Waals surface area contributed by atoms with Crippen molar-refractivity contribution in [2.24, 2.45) is 0 Å². The Labute approximate surface area is 129 Å². The number of nitrogens with one attached hydrogen (secondary N) is 1. The van der Waals surface area contributed by atoms with E-state index >= 15 is 0 Å². The summed E-state index contributed by atoms with van der Waals surface area (Å²) in [7, 11) is 0. The van der Waals surface area contributed by atoms with E-state index in [-0.39, 0.29) is 11.5 Å². The Bertz CT molecular complexity index is 737. The first-order valence-corrected chi connectivity index (χ1v) is 7.45. The first kappa shape index (κ1) is 14.3. The zero-order chi connectivity index (χ0) is 15.4. The molecule has 1 fully saturated rings. The fourth-order valence-electron chi connectivity index (χ4n) is 2.69. The number of likely N-dealkylation sites (tertiary alicyclic amines) is 1. The number of rotatable bonds is 2. The van der Waals surface area contributed by atoms with Gasteiger partial charge in [-0.25, -0.2) is 0 Å². The van der Waals surface area contributed by atoms with Crippen LogP contribution < -0.4 is 5.56 Å². The maximum atomic E-state index is 12.4. The summed E-state index contributed by atoms with van der Waals surface area (Å²) in [4.78, 5) is 28.0. The van der Waals surface area contributed by atoms with Crippen molar-refractivity contribution < 1.29 is 4.79 Å². The van der Waals surface area contributed by atoms with Crippen LogP contribution in [0.1, 0.15) is 28.8 Å². The van der Waals surface area contributed by atoms with E-state index in [0.29, 0.717) is 18.7 Å². The molecule has 2 heterocycles. The van der Waals surface area contributed by atoms with Gasteiger partial charge in [0, 0.05) is 30.9 Å². The van der Waals surface area contributed by atoms with E-state index in [1.54, 1.807) is 6.07 Å². The molecule has 2 aromatic rings. The summed E-state index contributed by atoms with van der Waals surface area (Å²) in [6.07, 6.45) is 5.48. The summed E-state index contributed by atoms with van der Waals surface area (Å²) in [5, 5.41) is 0. The Balaban J connectivity index is 1.66. The number of hydrogen-bond donors (Lipinski definition) is 1. The molecule has 0 spiro atoms. The van der Waals surface area contributed by atoms with E-state index in [1.807, 2.05) is 23.1 Å². The number of aromatic amines is 1. The lowest BCUT2D eigenvalue weighted by molar-refractivity contribution is 0.0743. The number of nitrogens with zero attached hydrogens (tertiary/aromatic N) is 1. The third-order valence-electron chi connectivity index (χ3n) is 3.89. The molecule has 1 aromatic carbocycles. The molecule has 1 aliphatic rings. The van der Waals surface area contributed by atoms with Crippen molar-refractivity contribution in [1.29, 1.82) is 0 Å². The van der Waals surface area contributed by atoms with Gasteiger partial charge in [-0.05, 0) is 24.5 Å². The lowest BCUT2D eigenvalue weighted by atomic mass is 10.0. The van der Waals surface area contributed by atoms with Gasteiger partial charge in [0.1, 0.15) is 0 Å². The zero-order valence-electron chi connectivity index (χ0n) is 12.3. The summed E-state index contributed by atoms with van der Waals surface area (Å²) in [5.74, 6) is -0.0649. The smallest absolute Gasteiger partial charge is 0.254 e. The molecule has 1 aromatic heterocycles. The Morgan fingerprint density at radius 2 is 1.82 bits per heavy atom. The van der Waals surface area contributed by atoms with Gasteiger partial charge in [0.25, 0.3) is 5.91 Å². The van der Waals surface area contributed by atoms with E-state index in [1.165, 1.54) is 23.4 Å². The second-order valence-corrected chi connectivity index (χ2v) is 5.45. The lowest BCUT2D eigenvalue weighted by Crippen LogP contribution is -2.36. The summed E-state index contributed by atoms with van der Waals surface area (Å²) >= 11 is 0. The van der Waals surface area contributed by atoms with Gasteiger partial charge in [0.2, 0.25) is 5.56 Å². The number of carbonyl (C=O) groups excluding carboxylic acids is 1. The van der Waals surface area contributed by atoms with Gasteiger partial charge in [-0.15, -0.1) is 0 Å². The summed E-state index contributed by atoms with van der Waals surface area (Å²) in [6.45, 7) is 1.40. The standard InChI is InChI=1S/C18H18N2O2/c21-17-13-16(6-9-19-17)18(22)20-10-7-15(8-11-20)12-14-4-2-1-3-5-14/h1-6,9,12-13H,7-8,10-11H2,(H,19,21). The third kappa shape index (κ3) is 3.34. The van der Waals surface area contributed by atoms with Crippen LogP contribution in [-0.4, -0.2) is 28.9 Å². The molecule has 112 valence electrons. The number of H-pyrrole nitrogens is 1. The Morgan fingerprint density at radius 1 is 1.09 bits per heavy atom. The molecular formula is C18H18N2O2. The Kier molecular flexibility index (Phi) is 4.19. The molecule has 4 nitrogen and oxygen atoms in total. The molecule has 1 amide bonds. The fraction of sp³-hybridized carbons (Fsp3) is 0.222. The molecule has 0 bridgehead atoms. The molecule has 0 radical (unpaired) electrons. The highest BCUT2D eigenvalue weighted by atomic mass is 16.2. The monoisotopic (exact) mass is 294 g/mol. The molecule has 1 saturated heterocycles. The Hall–Kier alpha value is -2.62. The van der Waals surface area contributed by atoms with Gasteiger partial charge in [-0.1, -0.05) is 42.0 Å². The number of piperidine rings is 1. The maximum Gasteiger partial charge on any atom is 0.254 e.